The molecule has 2 amide bonds. The summed E-state index contributed by atoms with van der Waals surface area (Å²) in [6.45, 7) is 1.00. The molecular formula is C22H24N2O5. The highest BCUT2D eigenvalue weighted by molar-refractivity contribution is 5.68. The molecule has 152 valence electrons. The van der Waals surface area contributed by atoms with Crippen LogP contribution >= 0.6 is 0 Å². The molecule has 0 aliphatic carbocycles. The summed E-state index contributed by atoms with van der Waals surface area (Å²) in [5.74, 6) is 0. The van der Waals surface area contributed by atoms with Crippen molar-refractivity contribution in [2.75, 3.05) is 13.2 Å². The predicted octanol–water partition coefficient (Wildman–Crippen LogP) is 3.16. The van der Waals surface area contributed by atoms with Gasteiger partial charge in [-0.05, 0) is 11.1 Å². The smallest absolute Gasteiger partial charge is 0.408 e. The number of hydrogen-bond acceptors (Lipinski definition) is 5. The summed E-state index contributed by atoms with van der Waals surface area (Å²) in [6, 6.07) is 18.6. The molecule has 0 radical (unpaired) electrons. The Morgan fingerprint density at radius 1 is 0.862 bits per heavy atom. The number of ether oxygens (including phenoxy) is 3. The predicted molar refractivity (Wildman–Crippen MR) is 107 cm³/mol. The quantitative estimate of drug-likeness (QED) is 0.702. The molecule has 3 rings (SSSR count). The normalized spacial score (nSPS) is 17.9. The van der Waals surface area contributed by atoms with E-state index in [4.69, 9.17) is 14.2 Å². The molecule has 2 N–H and O–H groups in total. The second-order valence-electron chi connectivity index (χ2n) is 6.51. The first-order valence-corrected chi connectivity index (χ1v) is 9.41. The molecule has 0 bridgehead atoms. The number of hydrogen-bond donors (Lipinski definition) is 2. The zero-order valence-electron chi connectivity index (χ0n) is 16.0. The van der Waals surface area contributed by atoms with Gasteiger partial charge in [0.25, 0.3) is 0 Å². The maximum Gasteiger partial charge on any atom is 0.408 e. The molecule has 2 aromatic carbocycles. The fourth-order valence-electron chi connectivity index (χ4n) is 2.69. The van der Waals surface area contributed by atoms with Crippen LogP contribution in [0.5, 0.6) is 0 Å². The lowest BCUT2D eigenvalue weighted by atomic mass is 10.2. The molecule has 0 saturated heterocycles. The van der Waals surface area contributed by atoms with Crippen molar-refractivity contribution in [2.24, 2.45) is 0 Å². The standard InChI is InChI=1S/C22H24N2O5/c25-21(28-14-17-7-3-1-4-8-17)23-13-20-12-11-19(16-27-20)24-22(26)29-15-18-9-5-2-6-10-18/h1-12,19-20H,13-16H2,(H,23,25)(H,24,26)/t19-,20+/m1/s1. The fourth-order valence-corrected chi connectivity index (χ4v) is 2.69. The summed E-state index contributed by atoms with van der Waals surface area (Å²) in [7, 11) is 0. The topological polar surface area (TPSA) is 85.9 Å². The van der Waals surface area contributed by atoms with E-state index >= 15 is 0 Å². The highest BCUT2D eigenvalue weighted by atomic mass is 16.6. The van der Waals surface area contributed by atoms with E-state index < -0.39 is 12.2 Å². The molecule has 0 spiro atoms. The average Bonchev–Trinajstić information content (AvgIpc) is 2.77. The number of carbonyl (C=O) groups is 2. The van der Waals surface area contributed by atoms with Gasteiger partial charge in [-0.25, -0.2) is 9.59 Å². The Balaban J connectivity index is 1.31. The molecule has 2 aromatic rings. The zero-order valence-corrected chi connectivity index (χ0v) is 16.0. The molecule has 7 heteroatoms. The van der Waals surface area contributed by atoms with E-state index in [-0.39, 0.29) is 31.9 Å². The van der Waals surface area contributed by atoms with Crippen LogP contribution < -0.4 is 10.6 Å². The maximum atomic E-state index is 11.9. The molecule has 1 aliphatic heterocycles. The third kappa shape index (κ3) is 7.31. The van der Waals surface area contributed by atoms with Gasteiger partial charge in [-0.1, -0.05) is 72.8 Å². The third-order valence-corrected chi connectivity index (χ3v) is 4.22. The van der Waals surface area contributed by atoms with E-state index in [1.807, 2.05) is 66.7 Å². The Bertz CT molecular complexity index is 810. The summed E-state index contributed by atoms with van der Waals surface area (Å²) in [5.41, 5.74) is 1.84. The second-order valence-corrected chi connectivity index (χ2v) is 6.51. The van der Waals surface area contributed by atoms with Crippen LogP contribution in [0.15, 0.2) is 72.8 Å². The molecule has 2 atom stereocenters. The van der Waals surface area contributed by atoms with Crippen LogP contribution in [0.1, 0.15) is 11.1 Å². The van der Waals surface area contributed by atoms with Gasteiger partial charge < -0.3 is 24.8 Å². The van der Waals surface area contributed by atoms with Crippen LogP contribution in [-0.2, 0) is 27.4 Å². The number of nitrogens with one attached hydrogen (secondary N) is 2. The van der Waals surface area contributed by atoms with E-state index in [0.717, 1.165) is 11.1 Å². The Kier molecular flexibility index (Phi) is 7.65. The first-order chi connectivity index (χ1) is 14.2. The van der Waals surface area contributed by atoms with Crippen molar-refractivity contribution in [3.8, 4) is 0 Å². The summed E-state index contributed by atoms with van der Waals surface area (Å²) in [6.07, 6.45) is 2.33. The van der Waals surface area contributed by atoms with Crippen LogP contribution in [0, 0.1) is 0 Å². The first-order valence-electron chi connectivity index (χ1n) is 9.41. The highest BCUT2D eigenvalue weighted by Crippen LogP contribution is 2.07. The lowest BCUT2D eigenvalue weighted by Gasteiger charge is -2.24. The Morgan fingerprint density at radius 3 is 2.00 bits per heavy atom. The summed E-state index contributed by atoms with van der Waals surface area (Å²) in [4.78, 5) is 23.6. The van der Waals surface area contributed by atoms with Crippen molar-refractivity contribution in [3.63, 3.8) is 0 Å². The van der Waals surface area contributed by atoms with Gasteiger partial charge in [-0.15, -0.1) is 0 Å². The lowest BCUT2D eigenvalue weighted by Crippen LogP contribution is -2.42. The summed E-state index contributed by atoms with van der Waals surface area (Å²) >= 11 is 0. The van der Waals surface area contributed by atoms with Gasteiger partial charge in [0.05, 0.1) is 25.3 Å². The van der Waals surface area contributed by atoms with Crippen LogP contribution in [0.25, 0.3) is 0 Å². The molecule has 0 fully saturated rings. The molecule has 1 heterocycles. The Labute approximate surface area is 169 Å². The Morgan fingerprint density at radius 2 is 1.45 bits per heavy atom. The van der Waals surface area contributed by atoms with E-state index in [9.17, 15) is 9.59 Å². The number of benzene rings is 2. The van der Waals surface area contributed by atoms with Gasteiger partial charge in [0.1, 0.15) is 13.2 Å². The second kappa shape index (κ2) is 10.9. The monoisotopic (exact) mass is 396 g/mol. The molecule has 7 nitrogen and oxygen atoms in total. The highest BCUT2D eigenvalue weighted by Gasteiger charge is 2.19. The van der Waals surface area contributed by atoms with Gasteiger partial charge in [0.15, 0.2) is 0 Å². The van der Waals surface area contributed by atoms with Crippen LogP contribution in [0.3, 0.4) is 0 Å². The maximum absolute atomic E-state index is 11.9. The lowest BCUT2D eigenvalue weighted by molar-refractivity contribution is 0.0591. The van der Waals surface area contributed by atoms with Gasteiger partial charge >= 0.3 is 12.2 Å². The summed E-state index contributed by atoms with van der Waals surface area (Å²) in [5, 5.41) is 5.40. The Hall–Kier alpha value is -3.32. The first kappa shape index (κ1) is 20.4. The van der Waals surface area contributed by atoms with Gasteiger partial charge in [0.2, 0.25) is 0 Å². The van der Waals surface area contributed by atoms with Crippen molar-refractivity contribution in [1.82, 2.24) is 10.6 Å². The largest absolute Gasteiger partial charge is 0.445 e. The van der Waals surface area contributed by atoms with Crippen molar-refractivity contribution in [3.05, 3.63) is 83.9 Å². The minimum atomic E-state index is -0.506. The fraction of sp³-hybridized carbons (Fsp3) is 0.273. The van der Waals surface area contributed by atoms with Crippen LogP contribution in [0.2, 0.25) is 0 Å². The number of amides is 2. The van der Waals surface area contributed by atoms with E-state index in [1.165, 1.54) is 0 Å². The van der Waals surface area contributed by atoms with Gasteiger partial charge in [-0.3, -0.25) is 0 Å². The SMILES string of the molecule is O=C(NC[C@@H]1C=C[C@@H](NC(=O)OCc2ccccc2)CO1)OCc1ccccc1. The number of rotatable bonds is 7. The van der Waals surface area contributed by atoms with E-state index in [0.29, 0.717) is 6.61 Å². The number of alkyl carbamates (subject to hydrolysis) is 2. The van der Waals surface area contributed by atoms with E-state index in [2.05, 4.69) is 10.6 Å². The summed E-state index contributed by atoms with van der Waals surface area (Å²) < 4.78 is 16.0. The van der Waals surface area contributed by atoms with Crippen molar-refractivity contribution in [2.45, 2.75) is 25.4 Å². The molecule has 0 unspecified atom stereocenters. The minimum Gasteiger partial charge on any atom is -0.445 e. The molecular weight excluding hydrogens is 372 g/mol. The zero-order chi connectivity index (χ0) is 20.3. The van der Waals surface area contributed by atoms with E-state index in [1.54, 1.807) is 6.08 Å². The minimum absolute atomic E-state index is 0.210. The molecule has 0 saturated carbocycles. The van der Waals surface area contributed by atoms with Crippen molar-refractivity contribution >= 4 is 12.2 Å². The van der Waals surface area contributed by atoms with Crippen LogP contribution in [-0.4, -0.2) is 37.5 Å². The van der Waals surface area contributed by atoms with Crippen LogP contribution in [0.4, 0.5) is 9.59 Å². The van der Waals surface area contributed by atoms with Gasteiger partial charge in [-0.2, -0.15) is 0 Å². The van der Waals surface area contributed by atoms with Gasteiger partial charge in [0, 0.05) is 0 Å². The number of carbonyl (C=O) groups excluding carboxylic acids is 2. The average molecular weight is 396 g/mol. The molecule has 0 aromatic heterocycles. The molecule has 29 heavy (non-hydrogen) atoms. The molecule has 1 aliphatic rings. The van der Waals surface area contributed by atoms with Crippen molar-refractivity contribution in [1.29, 1.82) is 0 Å². The third-order valence-electron chi connectivity index (χ3n) is 4.22. The van der Waals surface area contributed by atoms with Crippen molar-refractivity contribution < 1.29 is 23.8 Å².